The molecule has 3 N–H and O–H groups in total. The van der Waals surface area contributed by atoms with Gasteiger partial charge in [0.15, 0.2) is 0 Å². The summed E-state index contributed by atoms with van der Waals surface area (Å²) in [6.45, 7) is 6.75. The summed E-state index contributed by atoms with van der Waals surface area (Å²) >= 11 is 5.90. The summed E-state index contributed by atoms with van der Waals surface area (Å²) in [4.78, 5) is 2.11. The molecular weight excluding hydrogens is 349 g/mol. The third kappa shape index (κ3) is 5.48. The van der Waals surface area contributed by atoms with Gasteiger partial charge in [0.25, 0.3) is 0 Å². The fraction of sp³-hybridized carbons (Fsp3) is 0.538. The normalized spacial score (nSPS) is 11.3. The molecule has 0 atom stereocenters. The maximum atomic E-state index is 12.3. The van der Waals surface area contributed by atoms with Crippen molar-refractivity contribution in [2.45, 2.75) is 18.7 Å². The van der Waals surface area contributed by atoms with E-state index in [1.54, 1.807) is 0 Å². The van der Waals surface area contributed by atoms with Gasteiger partial charge in [0.2, 0.25) is 10.0 Å². The fourth-order valence-electron chi connectivity index (χ4n) is 1.88. The van der Waals surface area contributed by atoms with Crippen molar-refractivity contribution in [1.82, 2.24) is 9.62 Å². The Labute approximate surface area is 143 Å². The van der Waals surface area contributed by atoms with Crippen LogP contribution in [0.2, 0.25) is 5.02 Å². The van der Waals surface area contributed by atoms with Crippen LogP contribution in [0.15, 0.2) is 17.0 Å². The molecule has 0 saturated heterocycles. The molecule has 0 aliphatic rings. The summed E-state index contributed by atoms with van der Waals surface area (Å²) in [5.41, 5.74) is 5.92. The average Bonchev–Trinajstić information content (AvgIpc) is 2.45. The highest BCUT2D eigenvalue weighted by molar-refractivity contribution is 7.89. The van der Waals surface area contributed by atoms with Crippen LogP contribution >= 0.6 is 24.0 Å². The first-order valence-corrected chi connectivity index (χ1v) is 8.56. The number of halogens is 2. The van der Waals surface area contributed by atoms with Gasteiger partial charge in [-0.25, -0.2) is 13.1 Å². The minimum absolute atomic E-state index is 0. The van der Waals surface area contributed by atoms with Gasteiger partial charge < -0.3 is 15.4 Å². The molecule has 0 spiro atoms. The molecule has 0 amide bonds. The number of methoxy groups -OCH3 is 1. The zero-order chi connectivity index (χ0) is 16.0. The molecule has 0 heterocycles. The lowest BCUT2D eigenvalue weighted by atomic mass is 10.3. The number of nitrogen functional groups attached to an aromatic ring is 1. The molecule has 1 aromatic carbocycles. The number of hydrogen-bond donors (Lipinski definition) is 2. The van der Waals surface area contributed by atoms with Crippen LogP contribution in [0.3, 0.4) is 0 Å². The van der Waals surface area contributed by atoms with Crippen molar-refractivity contribution in [1.29, 1.82) is 0 Å². The van der Waals surface area contributed by atoms with Crippen LogP contribution in [-0.2, 0) is 10.0 Å². The first kappa shape index (κ1) is 21.3. The molecule has 0 bridgehead atoms. The van der Waals surface area contributed by atoms with Crippen molar-refractivity contribution in [2.75, 3.05) is 39.0 Å². The van der Waals surface area contributed by atoms with E-state index in [-0.39, 0.29) is 33.8 Å². The van der Waals surface area contributed by atoms with Crippen molar-refractivity contribution < 1.29 is 13.2 Å². The Morgan fingerprint density at radius 3 is 2.41 bits per heavy atom. The predicted molar refractivity (Wildman–Crippen MR) is 92.6 cm³/mol. The van der Waals surface area contributed by atoms with E-state index in [4.69, 9.17) is 22.1 Å². The highest BCUT2D eigenvalue weighted by Gasteiger charge is 2.21. The summed E-state index contributed by atoms with van der Waals surface area (Å²) in [6, 6.07) is 2.71. The Morgan fingerprint density at radius 2 is 1.91 bits per heavy atom. The highest BCUT2D eigenvalue weighted by Crippen LogP contribution is 2.31. The lowest BCUT2D eigenvalue weighted by Crippen LogP contribution is -2.34. The zero-order valence-corrected chi connectivity index (χ0v) is 15.3. The van der Waals surface area contributed by atoms with Crippen molar-refractivity contribution in [3.05, 3.63) is 17.2 Å². The summed E-state index contributed by atoms with van der Waals surface area (Å²) < 4.78 is 32.3. The third-order valence-corrected chi connectivity index (χ3v) is 5.00. The van der Waals surface area contributed by atoms with Gasteiger partial charge in [0.05, 0.1) is 17.8 Å². The average molecular weight is 372 g/mol. The zero-order valence-electron chi connectivity index (χ0n) is 12.9. The van der Waals surface area contributed by atoms with Gasteiger partial charge in [-0.2, -0.15) is 0 Å². The van der Waals surface area contributed by atoms with Gasteiger partial charge in [0, 0.05) is 19.2 Å². The van der Waals surface area contributed by atoms with Crippen LogP contribution < -0.4 is 15.2 Å². The molecule has 6 nitrogen and oxygen atoms in total. The Hall–Kier alpha value is -0.730. The molecule has 22 heavy (non-hydrogen) atoms. The molecule has 0 aliphatic heterocycles. The van der Waals surface area contributed by atoms with E-state index < -0.39 is 10.0 Å². The smallest absolute Gasteiger partial charge is 0.244 e. The predicted octanol–water partition coefficient (Wildman–Crippen LogP) is 1.97. The number of nitrogens with one attached hydrogen (secondary N) is 1. The van der Waals surface area contributed by atoms with E-state index in [1.807, 2.05) is 13.8 Å². The van der Waals surface area contributed by atoms with Crippen molar-refractivity contribution >= 4 is 39.7 Å². The maximum absolute atomic E-state index is 12.3. The van der Waals surface area contributed by atoms with E-state index in [2.05, 4.69) is 9.62 Å². The van der Waals surface area contributed by atoms with Crippen LogP contribution in [-0.4, -0.2) is 46.6 Å². The second kappa shape index (κ2) is 9.42. The Morgan fingerprint density at radius 1 is 1.32 bits per heavy atom. The molecule has 128 valence electrons. The molecular formula is C13H23Cl2N3O3S. The van der Waals surface area contributed by atoms with Gasteiger partial charge in [-0.3, -0.25) is 0 Å². The first-order chi connectivity index (χ1) is 9.85. The Bertz CT molecular complexity index is 578. The Kier molecular flexibility index (Phi) is 9.11. The molecule has 0 aliphatic carbocycles. The molecule has 0 unspecified atom stereocenters. The molecule has 0 fully saturated rings. The SMILES string of the molecule is CCN(CC)CCNS(=O)(=O)c1cc(Cl)c(N)cc1OC.Cl. The van der Waals surface area contributed by atoms with E-state index in [0.29, 0.717) is 13.1 Å². The summed E-state index contributed by atoms with van der Waals surface area (Å²) in [5, 5.41) is 0.180. The lowest BCUT2D eigenvalue weighted by molar-refractivity contribution is 0.309. The minimum Gasteiger partial charge on any atom is -0.495 e. The van der Waals surface area contributed by atoms with E-state index in [0.717, 1.165) is 13.1 Å². The van der Waals surface area contributed by atoms with E-state index in [1.165, 1.54) is 19.2 Å². The van der Waals surface area contributed by atoms with Gasteiger partial charge in [0.1, 0.15) is 10.6 Å². The lowest BCUT2D eigenvalue weighted by Gasteiger charge is -2.18. The van der Waals surface area contributed by atoms with Gasteiger partial charge in [-0.05, 0) is 19.2 Å². The van der Waals surface area contributed by atoms with Gasteiger partial charge in [-0.1, -0.05) is 25.4 Å². The number of benzene rings is 1. The van der Waals surface area contributed by atoms with Crippen LogP contribution in [0.4, 0.5) is 5.69 Å². The van der Waals surface area contributed by atoms with E-state index >= 15 is 0 Å². The molecule has 9 heteroatoms. The fourth-order valence-corrected chi connectivity index (χ4v) is 3.30. The van der Waals surface area contributed by atoms with Crippen molar-refractivity contribution in [2.24, 2.45) is 0 Å². The number of likely N-dealkylation sites (N-methyl/N-ethyl adjacent to an activating group) is 1. The second-order valence-corrected chi connectivity index (χ2v) is 6.59. The van der Waals surface area contributed by atoms with Gasteiger partial charge in [-0.15, -0.1) is 12.4 Å². The first-order valence-electron chi connectivity index (χ1n) is 6.70. The molecule has 1 aromatic rings. The number of anilines is 1. The number of rotatable bonds is 8. The van der Waals surface area contributed by atoms with Crippen LogP contribution in [0, 0.1) is 0 Å². The maximum Gasteiger partial charge on any atom is 0.244 e. The molecule has 0 aromatic heterocycles. The monoisotopic (exact) mass is 371 g/mol. The highest BCUT2D eigenvalue weighted by atomic mass is 35.5. The van der Waals surface area contributed by atoms with Gasteiger partial charge >= 0.3 is 0 Å². The summed E-state index contributed by atoms with van der Waals surface area (Å²) in [7, 11) is -2.31. The van der Waals surface area contributed by atoms with Crippen LogP contribution in [0.5, 0.6) is 5.75 Å². The minimum atomic E-state index is -3.70. The molecule has 1 rings (SSSR count). The quantitative estimate of drug-likeness (QED) is 0.682. The number of nitrogens with zero attached hydrogens (tertiary/aromatic N) is 1. The molecule has 0 saturated carbocycles. The summed E-state index contributed by atoms with van der Waals surface area (Å²) in [6.07, 6.45) is 0. The van der Waals surface area contributed by atoms with E-state index in [9.17, 15) is 8.42 Å². The van der Waals surface area contributed by atoms with Crippen LogP contribution in [0.1, 0.15) is 13.8 Å². The Balaban J connectivity index is 0.00000441. The molecule has 0 radical (unpaired) electrons. The van der Waals surface area contributed by atoms with Crippen LogP contribution in [0.25, 0.3) is 0 Å². The number of ether oxygens (including phenoxy) is 1. The topological polar surface area (TPSA) is 84.7 Å². The summed E-state index contributed by atoms with van der Waals surface area (Å²) in [5.74, 6) is 0.173. The third-order valence-electron chi connectivity index (χ3n) is 3.19. The van der Waals surface area contributed by atoms with Crippen molar-refractivity contribution in [3.63, 3.8) is 0 Å². The number of nitrogens with two attached hydrogens (primary N) is 1. The largest absolute Gasteiger partial charge is 0.495 e. The second-order valence-electron chi connectivity index (χ2n) is 4.45. The number of hydrogen-bond acceptors (Lipinski definition) is 5. The standard InChI is InChI=1S/C13H22ClN3O3S.ClH/c1-4-17(5-2)7-6-16-21(18,19)13-8-10(14)11(15)9-12(13)20-3;/h8-9,16H,4-7,15H2,1-3H3;1H. The van der Waals surface area contributed by atoms with Crippen molar-refractivity contribution in [3.8, 4) is 5.75 Å². The number of sulfonamides is 1.